The quantitative estimate of drug-likeness (QED) is 0.580. The molecule has 4 nitrogen and oxygen atoms in total. The first kappa shape index (κ1) is 16.9. The highest BCUT2D eigenvalue weighted by atomic mass is 127. The van der Waals surface area contributed by atoms with Crippen molar-refractivity contribution in [1.82, 2.24) is 4.90 Å². The number of esters is 1. The van der Waals surface area contributed by atoms with Crippen molar-refractivity contribution in [3.8, 4) is 0 Å². The zero-order chi connectivity index (χ0) is 16.3. The SMILES string of the molecule is O=C(O[C@H]1CN2CCC1CC2)[C@@](O)(C/C=C/I)c1ccccc1. The summed E-state index contributed by atoms with van der Waals surface area (Å²) in [6, 6.07) is 9.08. The van der Waals surface area contributed by atoms with Gasteiger partial charge in [0.25, 0.3) is 0 Å². The molecule has 0 amide bonds. The van der Waals surface area contributed by atoms with E-state index in [0.29, 0.717) is 11.5 Å². The summed E-state index contributed by atoms with van der Waals surface area (Å²) in [6.07, 6.45) is 4.08. The van der Waals surface area contributed by atoms with Gasteiger partial charge in [-0.3, -0.25) is 4.90 Å². The predicted molar refractivity (Wildman–Crippen MR) is 97.2 cm³/mol. The van der Waals surface area contributed by atoms with Gasteiger partial charge >= 0.3 is 5.97 Å². The molecule has 0 unspecified atom stereocenters. The Morgan fingerprint density at radius 2 is 2.04 bits per heavy atom. The minimum absolute atomic E-state index is 0.0937. The molecule has 23 heavy (non-hydrogen) atoms. The number of fused-ring (bicyclic) bond motifs is 3. The zero-order valence-corrected chi connectivity index (χ0v) is 15.2. The van der Waals surface area contributed by atoms with E-state index < -0.39 is 11.6 Å². The van der Waals surface area contributed by atoms with Crippen LogP contribution in [0.4, 0.5) is 0 Å². The summed E-state index contributed by atoms with van der Waals surface area (Å²) in [5, 5.41) is 11.0. The topological polar surface area (TPSA) is 49.8 Å². The molecule has 1 aromatic rings. The highest BCUT2D eigenvalue weighted by molar-refractivity contribution is 14.1. The van der Waals surface area contributed by atoms with Crippen molar-refractivity contribution >= 4 is 28.6 Å². The largest absolute Gasteiger partial charge is 0.458 e. The molecule has 4 rings (SSSR count). The van der Waals surface area contributed by atoms with Gasteiger partial charge < -0.3 is 9.84 Å². The van der Waals surface area contributed by atoms with Crippen LogP contribution in [0.3, 0.4) is 0 Å². The summed E-state index contributed by atoms with van der Waals surface area (Å²) < 4.78 is 7.59. The standard InChI is InChI=1S/C18H22INO3/c19-10-4-9-18(22,15-5-2-1-3-6-15)17(21)23-16-13-20-11-7-14(16)8-12-20/h1-6,10,14,16,22H,7-9,11-13H2/b10-4+/t16-,18+/m0/s1. The van der Waals surface area contributed by atoms with Crippen molar-refractivity contribution < 1.29 is 14.6 Å². The first-order valence-electron chi connectivity index (χ1n) is 8.10. The van der Waals surface area contributed by atoms with Crippen LogP contribution in [-0.4, -0.2) is 41.7 Å². The van der Waals surface area contributed by atoms with E-state index in [1.165, 1.54) is 0 Å². The number of hydrogen-bond acceptors (Lipinski definition) is 4. The second kappa shape index (κ2) is 7.32. The second-order valence-electron chi connectivity index (χ2n) is 6.37. The van der Waals surface area contributed by atoms with E-state index in [-0.39, 0.29) is 12.5 Å². The number of rotatable bonds is 5. The van der Waals surface area contributed by atoms with Crippen LogP contribution in [0.5, 0.6) is 0 Å². The fourth-order valence-electron chi connectivity index (χ4n) is 3.53. The molecule has 2 atom stereocenters. The summed E-state index contributed by atoms with van der Waals surface area (Å²) in [6.45, 7) is 2.99. The van der Waals surface area contributed by atoms with Gasteiger partial charge in [0.1, 0.15) is 6.10 Å². The first-order chi connectivity index (χ1) is 11.1. The smallest absolute Gasteiger partial charge is 0.343 e. The molecular weight excluding hydrogens is 405 g/mol. The van der Waals surface area contributed by atoms with Gasteiger partial charge in [-0.1, -0.05) is 59.0 Å². The molecule has 0 saturated carbocycles. The van der Waals surface area contributed by atoms with Gasteiger partial charge in [-0.2, -0.15) is 0 Å². The lowest BCUT2D eigenvalue weighted by Crippen LogP contribution is -2.53. The van der Waals surface area contributed by atoms with Gasteiger partial charge in [0, 0.05) is 13.0 Å². The molecule has 1 aromatic carbocycles. The third-order valence-electron chi connectivity index (χ3n) is 4.95. The van der Waals surface area contributed by atoms with Gasteiger partial charge in [0.05, 0.1) is 0 Å². The Kier molecular flexibility index (Phi) is 5.38. The minimum Gasteiger partial charge on any atom is -0.458 e. The minimum atomic E-state index is -1.62. The molecule has 0 spiro atoms. The molecule has 0 radical (unpaired) electrons. The number of carbonyl (C=O) groups excluding carboxylic acids is 1. The van der Waals surface area contributed by atoms with E-state index in [4.69, 9.17) is 4.74 Å². The number of aliphatic hydroxyl groups is 1. The second-order valence-corrected chi connectivity index (χ2v) is 7.09. The van der Waals surface area contributed by atoms with E-state index >= 15 is 0 Å². The number of halogens is 1. The van der Waals surface area contributed by atoms with Gasteiger partial charge in [-0.25, -0.2) is 4.79 Å². The molecule has 0 aliphatic carbocycles. The molecule has 3 aliphatic heterocycles. The van der Waals surface area contributed by atoms with E-state index in [2.05, 4.69) is 27.5 Å². The third kappa shape index (κ3) is 3.61. The number of hydrogen-bond donors (Lipinski definition) is 1. The number of piperidine rings is 3. The molecule has 124 valence electrons. The lowest BCUT2D eigenvalue weighted by atomic mass is 9.85. The summed E-state index contributed by atoms with van der Waals surface area (Å²) in [4.78, 5) is 15.1. The third-order valence-corrected chi connectivity index (χ3v) is 5.45. The highest BCUT2D eigenvalue weighted by Gasteiger charge is 2.43. The van der Waals surface area contributed by atoms with Crippen molar-refractivity contribution in [3.05, 3.63) is 46.1 Å². The lowest BCUT2D eigenvalue weighted by molar-refractivity contribution is -0.181. The van der Waals surface area contributed by atoms with Crippen molar-refractivity contribution in [3.63, 3.8) is 0 Å². The Morgan fingerprint density at radius 3 is 2.61 bits per heavy atom. The fourth-order valence-corrected chi connectivity index (χ4v) is 3.78. The van der Waals surface area contributed by atoms with Crippen LogP contribution < -0.4 is 0 Å². The van der Waals surface area contributed by atoms with Crippen LogP contribution in [-0.2, 0) is 15.1 Å². The molecule has 1 N–H and O–H groups in total. The number of benzene rings is 1. The van der Waals surface area contributed by atoms with Gasteiger partial charge in [0.2, 0.25) is 0 Å². The summed E-state index contributed by atoms with van der Waals surface area (Å²) in [5.74, 6) is -0.0963. The molecule has 2 bridgehead atoms. The molecule has 3 heterocycles. The van der Waals surface area contributed by atoms with Crippen molar-refractivity contribution in [2.45, 2.75) is 31.0 Å². The molecule has 3 fully saturated rings. The molecule has 3 saturated heterocycles. The molecule has 3 aliphatic rings. The Bertz CT molecular complexity index is 569. The summed E-state index contributed by atoms with van der Waals surface area (Å²) >= 11 is 2.09. The van der Waals surface area contributed by atoms with Crippen molar-refractivity contribution in [1.29, 1.82) is 0 Å². The maximum atomic E-state index is 12.8. The van der Waals surface area contributed by atoms with Crippen LogP contribution >= 0.6 is 22.6 Å². The van der Waals surface area contributed by atoms with E-state index in [1.54, 1.807) is 18.2 Å². The average molecular weight is 427 g/mol. The van der Waals surface area contributed by atoms with Crippen LogP contribution in [0.1, 0.15) is 24.8 Å². The summed E-state index contributed by atoms with van der Waals surface area (Å²) in [5.41, 5.74) is -1.03. The Morgan fingerprint density at radius 1 is 1.35 bits per heavy atom. The number of carbonyl (C=O) groups is 1. The van der Waals surface area contributed by atoms with Crippen LogP contribution in [0.25, 0.3) is 0 Å². The van der Waals surface area contributed by atoms with E-state index in [9.17, 15) is 9.90 Å². The molecular formula is C18H22INO3. The zero-order valence-electron chi connectivity index (χ0n) is 13.0. The van der Waals surface area contributed by atoms with Gasteiger partial charge in [-0.15, -0.1) is 0 Å². The Hall–Kier alpha value is -0.920. The average Bonchev–Trinajstić information content (AvgIpc) is 2.61. The Balaban J connectivity index is 1.78. The normalized spacial score (nSPS) is 29.4. The number of nitrogens with zero attached hydrogens (tertiary/aromatic N) is 1. The van der Waals surface area contributed by atoms with Gasteiger partial charge in [0.15, 0.2) is 5.60 Å². The first-order valence-corrected chi connectivity index (χ1v) is 9.34. The lowest BCUT2D eigenvalue weighted by Gasteiger charge is -2.44. The van der Waals surface area contributed by atoms with E-state index in [1.807, 2.05) is 22.3 Å². The summed E-state index contributed by atoms with van der Waals surface area (Å²) in [7, 11) is 0. The number of ether oxygens (including phenoxy) is 1. The van der Waals surface area contributed by atoms with E-state index in [0.717, 1.165) is 32.5 Å². The Labute approximate surface area is 150 Å². The monoisotopic (exact) mass is 427 g/mol. The maximum Gasteiger partial charge on any atom is 0.343 e. The van der Waals surface area contributed by atoms with Crippen LogP contribution in [0.2, 0.25) is 0 Å². The van der Waals surface area contributed by atoms with Crippen molar-refractivity contribution in [2.24, 2.45) is 5.92 Å². The van der Waals surface area contributed by atoms with Crippen molar-refractivity contribution in [2.75, 3.05) is 19.6 Å². The predicted octanol–water partition coefficient (Wildman–Crippen LogP) is 2.85. The highest BCUT2D eigenvalue weighted by Crippen LogP contribution is 2.33. The molecule has 5 heteroatoms. The molecule has 0 aromatic heterocycles. The van der Waals surface area contributed by atoms with Crippen LogP contribution in [0.15, 0.2) is 40.5 Å². The maximum absolute atomic E-state index is 12.8. The van der Waals surface area contributed by atoms with Crippen LogP contribution in [0, 0.1) is 5.92 Å². The fraction of sp³-hybridized carbons (Fsp3) is 0.500. The van der Waals surface area contributed by atoms with Gasteiger partial charge in [-0.05, 0) is 41.5 Å².